The van der Waals surface area contributed by atoms with Crippen molar-refractivity contribution in [3.63, 3.8) is 0 Å². The average Bonchev–Trinajstić information content (AvgIpc) is 3.60. The van der Waals surface area contributed by atoms with E-state index in [1.165, 1.54) is 0 Å². The van der Waals surface area contributed by atoms with Crippen molar-refractivity contribution in [1.29, 1.82) is 0 Å². The van der Waals surface area contributed by atoms with Crippen LogP contribution in [0.25, 0.3) is 11.3 Å². The minimum absolute atomic E-state index is 0.0831. The molecule has 0 spiro atoms. The summed E-state index contributed by atoms with van der Waals surface area (Å²) >= 11 is 0. The number of aromatic nitrogens is 2. The molecule has 5 nitrogen and oxygen atoms in total. The molecule has 1 saturated carbocycles. The Morgan fingerprint density at radius 2 is 1.94 bits per heavy atom. The van der Waals surface area contributed by atoms with E-state index in [0.717, 1.165) is 58.5 Å². The number of aliphatic carboxylic acids is 1. The number of rotatable bonds is 9. The molecule has 0 saturated heterocycles. The van der Waals surface area contributed by atoms with E-state index < -0.39 is 5.97 Å². The van der Waals surface area contributed by atoms with Crippen LogP contribution in [0.1, 0.15) is 68.2 Å². The number of benzene rings is 1. The van der Waals surface area contributed by atoms with Crippen LogP contribution in [0, 0.1) is 18.3 Å². The fourth-order valence-corrected chi connectivity index (χ4v) is 4.54. The first-order valence-electron chi connectivity index (χ1n) is 12.0. The van der Waals surface area contributed by atoms with Crippen LogP contribution in [-0.2, 0) is 17.8 Å². The van der Waals surface area contributed by atoms with Gasteiger partial charge in [-0.05, 0) is 77.8 Å². The molecule has 0 aliphatic heterocycles. The largest absolute Gasteiger partial charge is 0.487 e. The van der Waals surface area contributed by atoms with E-state index >= 15 is 0 Å². The number of aryl methyl sites for hydroxylation is 1. The molecule has 4 rings (SSSR count). The van der Waals surface area contributed by atoms with Gasteiger partial charge in [-0.3, -0.25) is 14.8 Å². The number of hydrogen-bond acceptors (Lipinski definition) is 4. The van der Waals surface area contributed by atoms with Gasteiger partial charge in [-0.15, -0.1) is 0 Å². The van der Waals surface area contributed by atoms with Crippen LogP contribution >= 0.6 is 0 Å². The fraction of sp³-hybridized carbons (Fsp3) is 0.414. The number of pyridine rings is 2. The molecule has 34 heavy (non-hydrogen) atoms. The maximum absolute atomic E-state index is 11.4. The highest BCUT2D eigenvalue weighted by molar-refractivity contribution is 5.68. The van der Waals surface area contributed by atoms with Crippen molar-refractivity contribution in [2.45, 2.75) is 65.9 Å². The Morgan fingerprint density at radius 1 is 1.15 bits per heavy atom. The van der Waals surface area contributed by atoms with Crippen molar-refractivity contribution in [2.75, 3.05) is 0 Å². The third-order valence-corrected chi connectivity index (χ3v) is 6.18. The normalized spacial score (nSPS) is 14.6. The zero-order valence-corrected chi connectivity index (χ0v) is 20.5. The van der Waals surface area contributed by atoms with E-state index in [0.29, 0.717) is 12.5 Å². The van der Waals surface area contributed by atoms with E-state index in [9.17, 15) is 9.90 Å². The number of nitrogens with zero attached hydrogens (tertiary/aromatic N) is 2. The lowest BCUT2D eigenvalue weighted by Gasteiger charge is -2.21. The molecule has 2 heterocycles. The van der Waals surface area contributed by atoms with E-state index in [-0.39, 0.29) is 17.8 Å². The number of carbonyl (C=O) groups is 1. The van der Waals surface area contributed by atoms with Gasteiger partial charge in [0.2, 0.25) is 0 Å². The summed E-state index contributed by atoms with van der Waals surface area (Å²) in [7, 11) is 0. The molecule has 1 fully saturated rings. The van der Waals surface area contributed by atoms with Gasteiger partial charge in [-0.2, -0.15) is 0 Å². The van der Waals surface area contributed by atoms with Gasteiger partial charge in [0.1, 0.15) is 12.4 Å². The minimum atomic E-state index is -0.736. The quantitative estimate of drug-likeness (QED) is 0.392. The second-order valence-corrected chi connectivity index (χ2v) is 10.7. The molecule has 178 valence electrons. The summed E-state index contributed by atoms with van der Waals surface area (Å²) < 4.78 is 6.16. The Bertz CT molecular complexity index is 1160. The minimum Gasteiger partial charge on any atom is -0.487 e. The Labute approximate surface area is 202 Å². The summed E-state index contributed by atoms with van der Waals surface area (Å²) in [5.41, 5.74) is 6.44. The third kappa shape index (κ3) is 6.43. The van der Waals surface area contributed by atoms with Gasteiger partial charge in [-0.25, -0.2) is 0 Å². The average molecular weight is 459 g/mol. The molecular formula is C29H34N2O3. The standard InChI is InChI=1S/C29H34N2O3/c1-19-10-24(16-30-15-19)28-23(14-29(2,3)4)12-25(17-31-28)34-18-20-6-5-7-22(11-20)26(13-27(32)33)21-8-9-21/h5-7,10-12,15-17,21,26H,8-9,13-14,18H2,1-4H3,(H,32,33). The topological polar surface area (TPSA) is 72.3 Å². The van der Waals surface area contributed by atoms with Crippen molar-refractivity contribution in [3.8, 4) is 17.0 Å². The molecule has 2 aromatic heterocycles. The van der Waals surface area contributed by atoms with Gasteiger partial charge in [0.05, 0.1) is 18.3 Å². The third-order valence-electron chi connectivity index (χ3n) is 6.18. The van der Waals surface area contributed by atoms with Gasteiger partial charge in [-0.1, -0.05) is 45.0 Å². The molecule has 0 radical (unpaired) electrons. The summed E-state index contributed by atoms with van der Waals surface area (Å²) in [4.78, 5) is 20.5. The zero-order valence-electron chi connectivity index (χ0n) is 20.5. The SMILES string of the molecule is Cc1cncc(-c2ncc(OCc3cccc(C(CC(=O)O)C4CC4)c3)cc2CC(C)(C)C)c1. The van der Waals surface area contributed by atoms with Crippen LogP contribution in [0.3, 0.4) is 0 Å². The van der Waals surface area contributed by atoms with Crippen LogP contribution in [0.4, 0.5) is 0 Å². The number of ether oxygens (including phenoxy) is 1. The second-order valence-electron chi connectivity index (χ2n) is 10.7. The molecule has 0 amide bonds. The lowest BCUT2D eigenvalue weighted by atomic mass is 9.86. The lowest BCUT2D eigenvalue weighted by Crippen LogP contribution is -2.11. The summed E-state index contributed by atoms with van der Waals surface area (Å²) in [6.45, 7) is 9.11. The first-order chi connectivity index (χ1) is 16.2. The van der Waals surface area contributed by atoms with Crippen molar-refractivity contribution >= 4 is 5.97 Å². The van der Waals surface area contributed by atoms with Gasteiger partial charge in [0, 0.05) is 18.0 Å². The number of carboxylic acid groups (broad SMARTS) is 1. The molecule has 3 aromatic rings. The zero-order chi connectivity index (χ0) is 24.3. The predicted molar refractivity (Wildman–Crippen MR) is 134 cm³/mol. The fourth-order valence-electron chi connectivity index (χ4n) is 4.54. The highest BCUT2D eigenvalue weighted by Gasteiger charge is 2.33. The molecule has 1 aromatic carbocycles. The highest BCUT2D eigenvalue weighted by atomic mass is 16.5. The van der Waals surface area contributed by atoms with Crippen molar-refractivity contribution < 1.29 is 14.6 Å². The smallest absolute Gasteiger partial charge is 0.303 e. The van der Waals surface area contributed by atoms with Gasteiger partial charge >= 0.3 is 5.97 Å². The molecule has 1 aliphatic carbocycles. The van der Waals surface area contributed by atoms with E-state index in [1.54, 1.807) is 6.20 Å². The van der Waals surface area contributed by atoms with Crippen LogP contribution in [0.2, 0.25) is 0 Å². The monoisotopic (exact) mass is 458 g/mol. The van der Waals surface area contributed by atoms with Gasteiger partial charge < -0.3 is 9.84 Å². The van der Waals surface area contributed by atoms with Crippen molar-refractivity contribution in [3.05, 3.63) is 77.2 Å². The Kier molecular flexibility index (Phi) is 7.01. The van der Waals surface area contributed by atoms with E-state index in [2.05, 4.69) is 44.0 Å². The molecule has 0 bridgehead atoms. The predicted octanol–water partition coefficient (Wildman–Crippen LogP) is 6.59. The van der Waals surface area contributed by atoms with Crippen molar-refractivity contribution in [2.24, 2.45) is 11.3 Å². The van der Waals surface area contributed by atoms with Crippen LogP contribution < -0.4 is 4.74 Å². The maximum atomic E-state index is 11.4. The Hall–Kier alpha value is -3.21. The molecule has 1 N–H and O–H groups in total. The van der Waals surface area contributed by atoms with E-state index in [4.69, 9.17) is 9.72 Å². The molecule has 1 unspecified atom stereocenters. The summed E-state index contributed by atoms with van der Waals surface area (Å²) in [5.74, 6) is 0.568. The van der Waals surface area contributed by atoms with Gasteiger partial charge in [0.15, 0.2) is 0 Å². The Balaban J connectivity index is 1.54. The van der Waals surface area contributed by atoms with Crippen LogP contribution in [0.15, 0.2) is 55.0 Å². The summed E-state index contributed by atoms with van der Waals surface area (Å²) in [6.07, 6.45) is 8.78. The molecular weight excluding hydrogens is 424 g/mol. The second kappa shape index (κ2) is 9.96. The molecule has 1 aliphatic rings. The molecule has 1 atom stereocenters. The van der Waals surface area contributed by atoms with E-state index in [1.807, 2.05) is 37.5 Å². The summed E-state index contributed by atoms with van der Waals surface area (Å²) in [6, 6.07) is 12.4. The lowest BCUT2D eigenvalue weighted by molar-refractivity contribution is -0.137. The number of hydrogen-bond donors (Lipinski definition) is 1. The van der Waals surface area contributed by atoms with Crippen LogP contribution in [0.5, 0.6) is 5.75 Å². The van der Waals surface area contributed by atoms with Crippen molar-refractivity contribution in [1.82, 2.24) is 9.97 Å². The highest BCUT2D eigenvalue weighted by Crippen LogP contribution is 2.44. The molecule has 5 heteroatoms. The van der Waals surface area contributed by atoms with Crippen LogP contribution in [-0.4, -0.2) is 21.0 Å². The Morgan fingerprint density at radius 3 is 2.62 bits per heavy atom. The summed E-state index contributed by atoms with van der Waals surface area (Å²) in [5, 5.41) is 9.33. The van der Waals surface area contributed by atoms with Gasteiger partial charge in [0.25, 0.3) is 0 Å². The first kappa shape index (κ1) is 23.9. The number of carboxylic acids is 1. The maximum Gasteiger partial charge on any atom is 0.303 e. The first-order valence-corrected chi connectivity index (χ1v) is 12.0.